The fraction of sp³-hybridized carbons (Fsp3) is 0.0714. The summed E-state index contributed by atoms with van der Waals surface area (Å²) in [4.78, 5) is 16.1. The van der Waals surface area contributed by atoms with Crippen molar-refractivity contribution in [1.29, 1.82) is 0 Å². The van der Waals surface area contributed by atoms with Gasteiger partial charge in [0.2, 0.25) is 0 Å². The molecule has 0 bridgehead atoms. The highest BCUT2D eigenvalue weighted by Crippen LogP contribution is 2.15. The van der Waals surface area contributed by atoms with Gasteiger partial charge in [-0.05, 0) is 29.8 Å². The quantitative estimate of drug-likeness (QED) is 0.747. The maximum Gasteiger partial charge on any atom is 0.252 e. The first kappa shape index (κ1) is 11.4. The van der Waals surface area contributed by atoms with Crippen molar-refractivity contribution in [1.82, 2.24) is 20.5 Å². The molecule has 19 heavy (non-hydrogen) atoms. The lowest BCUT2D eigenvalue weighted by Crippen LogP contribution is -2.22. The fourth-order valence-corrected chi connectivity index (χ4v) is 1.94. The third-order valence-electron chi connectivity index (χ3n) is 2.93. The molecule has 3 aromatic rings. The lowest BCUT2D eigenvalue weighted by Gasteiger charge is -2.05. The highest BCUT2D eigenvalue weighted by molar-refractivity contribution is 6.05. The fourth-order valence-electron chi connectivity index (χ4n) is 1.94. The molecule has 0 unspecified atom stereocenters. The number of nitrogens with one attached hydrogen (secondary N) is 2. The van der Waals surface area contributed by atoms with Crippen LogP contribution < -0.4 is 5.32 Å². The van der Waals surface area contributed by atoms with E-state index in [2.05, 4.69) is 20.5 Å². The zero-order valence-corrected chi connectivity index (χ0v) is 10.1. The molecule has 0 aliphatic carbocycles. The average Bonchev–Trinajstić information content (AvgIpc) is 2.94. The Kier molecular flexibility index (Phi) is 2.94. The summed E-state index contributed by atoms with van der Waals surface area (Å²) in [6, 6.07) is 9.26. The van der Waals surface area contributed by atoms with Crippen LogP contribution in [0, 0.1) is 0 Å². The zero-order valence-electron chi connectivity index (χ0n) is 10.1. The SMILES string of the molecule is O=C(NCc1ccncc1)c1cccc2[nH]ncc12. The van der Waals surface area contributed by atoms with E-state index in [9.17, 15) is 4.79 Å². The Hall–Kier alpha value is -2.69. The molecule has 0 aliphatic heterocycles. The van der Waals surface area contributed by atoms with E-state index in [1.807, 2.05) is 24.3 Å². The highest BCUT2D eigenvalue weighted by Gasteiger charge is 2.10. The molecule has 94 valence electrons. The van der Waals surface area contributed by atoms with Crippen LogP contribution >= 0.6 is 0 Å². The summed E-state index contributed by atoms with van der Waals surface area (Å²) in [5.74, 6) is -0.108. The second-order valence-electron chi connectivity index (χ2n) is 4.17. The topological polar surface area (TPSA) is 70.7 Å². The molecule has 2 aromatic heterocycles. The molecule has 0 saturated carbocycles. The maximum absolute atomic E-state index is 12.2. The summed E-state index contributed by atoms with van der Waals surface area (Å²) in [7, 11) is 0. The Morgan fingerprint density at radius 3 is 2.89 bits per heavy atom. The van der Waals surface area contributed by atoms with E-state index >= 15 is 0 Å². The van der Waals surface area contributed by atoms with Crippen molar-refractivity contribution >= 4 is 16.8 Å². The number of benzene rings is 1. The molecule has 0 saturated heterocycles. The number of hydrogen-bond donors (Lipinski definition) is 2. The van der Waals surface area contributed by atoms with Crippen LogP contribution in [0.4, 0.5) is 0 Å². The molecular weight excluding hydrogens is 240 g/mol. The monoisotopic (exact) mass is 252 g/mol. The molecule has 0 fully saturated rings. The highest BCUT2D eigenvalue weighted by atomic mass is 16.1. The van der Waals surface area contributed by atoms with Gasteiger partial charge in [-0.25, -0.2) is 0 Å². The normalized spacial score (nSPS) is 10.5. The lowest BCUT2D eigenvalue weighted by atomic mass is 10.1. The van der Waals surface area contributed by atoms with Gasteiger partial charge in [-0.2, -0.15) is 5.10 Å². The summed E-state index contributed by atoms with van der Waals surface area (Å²) in [6.45, 7) is 0.482. The minimum absolute atomic E-state index is 0.108. The largest absolute Gasteiger partial charge is 0.348 e. The molecular formula is C14H12N4O. The third-order valence-corrected chi connectivity index (χ3v) is 2.93. The van der Waals surface area contributed by atoms with E-state index in [1.54, 1.807) is 24.7 Å². The van der Waals surface area contributed by atoms with Gasteiger partial charge >= 0.3 is 0 Å². The maximum atomic E-state index is 12.2. The van der Waals surface area contributed by atoms with Gasteiger partial charge in [0.15, 0.2) is 0 Å². The smallest absolute Gasteiger partial charge is 0.252 e. The Morgan fingerprint density at radius 2 is 2.05 bits per heavy atom. The molecule has 2 heterocycles. The van der Waals surface area contributed by atoms with Crippen molar-refractivity contribution < 1.29 is 4.79 Å². The minimum Gasteiger partial charge on any atom is -0.348 e. The van der Waals surface area contributed by atoms with Crippen LogP contribution in [0.15, 0.2) is 48.9 Å². The first-order valence-corrected chi connectivity index (χ1v) is 5.94. The minimum atomic E-state index is -0.108. The average molecular weight is 252 g/mol. The van der Waals surface area contributed by atoms with Gasteiger partial charge in [0.1, 0.15) is 0 Å². The number of carbonyl (C=O) groups is 1. The number of aromatic amines is 1. The van der Waals surface area contributed by atoms with Crippen LogP contribution in [0.3, 0.4) is 0 Å². The first-order chi connectivity index (χ1) is 9.34. The van der Waals surface area contributed by atoms with Crippen LogP contribution in [-0.4, -0.2) is 21.1 Å². The third kappa shape index (κ3) is 2.30. The predicted octanol–water partition coefficient (Wildman–Crippen LogP) is 1.89. The molecule has 5 nitrogen and oxygen atoms in total. The van der Waals surface area contributed by atoms with E-state index in [1.165, 1.54) is 0 Å². The van der Waals surface area contributed by atoms with E-state index in [0.29, 0.717) is 12.1 Å². The zero-order chi connectivity index (χ0) is 13.1. The van der Waals surface area contributed by atoms with Gasteiger partial charge in [-0.3, -0.25) is 14.9 Å². The summed E-state index contributed by atoms with van der Waals surface area (Å²) >= 11 is 0. The number of fused-ring (bicyclic) bond motifs is 1. The second kappa shape index (κ2) is 4.89. The van der Waals surface area contributed by atoms with Crippen molar-refractivity contribution in [3.63, 3.8) is 0 Å². The van der Waals surface area contributed by atoms with E-state index in [0.717, 1.165) is 16.5 Å². The van der Waals surface area contributed by atoms with Gasteiger partial charge in [-0.15, -0.1) is 0 Å². The van der Waals surface area contributed by atoms with Crippen molar-refractivity contribution in [2.75, 3.05) is 0 Å². The van der Waals surface area contributed by atoms with Crippen LogP contribution in [-0.2, 0) is 6.54 Å². The van der Waals surface area contributed by atoms with Gasteiger partial charge in [0.05, 0.1) is 17.3 Å². The summed E-state index contributed by atoms with van der Waals surface area (Å²) in [5.41, 5.74) is 2.50. The Morgan fingerprint density at radius 1 is 1.21 bits per heavy atom. The number of amides is 1. The lowest BCUT2D eigenvalue weighted by molar-refractivity contribution is 0.0952. The molecule has 0 spiro atoms. The molecule has 5 heteroatoms. The molecule has 0 radical (unpaired) electrons. The number of pyridine rings is 1. The Balaban J connectivity index is 1.79. The summed E-state index contributed by atoms with van der Waals surface area (Å²) in [6.07, 6.45) is 5.08. The predicted molar refractivity (Wildman–Crippen MR) is 71.5 cm³/mol. The van der Waals surface area contributed by atoms with Crippen LogP contribution in [0.5, 0.6) is 0 Å². The van der Waals surface area contributed by atoms with Crippen LogP contribution in [0.25, 0.3) is 10.9 Å². The van der Waals surface area contributed by atoms with Crippen LogP contribution in [0.1, 0.15) is 15.9 Å². The van der Waals surface area contributed by atoms with E-state index in [4.69, 9.17) is 0 Å². The Bertz CT molecular complexity index is 706. The van der Waals surface area contributed by atoms with E-state index < -0.39 is 0 Å². The van der Waals surface area contributed by atoms with Gasteiger partial charge < -0.3 is 5.32 Å². The summed E-state index contributed by atoms with van der Waals surface area (Å²) < 4.78 is 0. The number of aromatic nitrogens is 3. The number of rotatable bonds is 3. The van der Waals surface area contributed by atoms with Crippen LogP contribution in [0.2, 0.25) is 0 Å². The first-order valence-electron chi connectivity index (χ1n) is 5.94. The number of hydrogen-bond acceptors (Lipinski definition) is 3. The van der Waals surface area contributed by atoms with E-state index in [-0.39, 0.29) is 5.91 Å². The molecule has 3 rings (SSSR count). The molecule has 0 atom stereocenters. The van der Waals surface area contributed by atoms with Crippen molar-refractivity contribution in [2.24, 2.45) is 0 Å². The number of carbonyl (C=O) groups excluding carboxylic acids is 1. The second-order valence-corrected chi connectivity index (χ2v) is 4.17. The van der Waals surface area contributed by atoms with Crippen molar-refractivity contribution in [3.05, 3.63) is 60.0 Å². The van der Waals surface area contributed by atoms with Gasteiger partial charge in [0, 0.05) is 24.3 Å². The number of H-pyrrole nitrogens is 1. The van der Waals surface area contributed by atoms with Gasteiger partial charge in [-0.1, -0.05) is 6.07 Å². The molecule has 2 N–H and O–H groups in total. The van der Waals surface area contributed by atoms with Crippen molar-refractivity contribution in [3.8, 4) is 0 Å². The van der Waals surface area contributed by atoms with Crippen molar-refractivity contribution in [2.45, 2.75) is 6.54 Å². The Labute approximate surface area is 109 Å². The molecule has 1 aromatic carbocycles. The standard InChI is InChI=1S/C14H12N4O/c19-14(16-8-10-4-6-15-7-5-10)11-2-1-3-13-12(11)9-17-18-13/h1-7,9H,8H2,(H,16,19)(H,17,18). The summed E-state index contributed by atoms with van der Waals surface area (Å²) in [5, 5.41) is 10.5. The van der Waals surface area contributed by atoms with Gasteiger partial charge in [0.25, 0.3) is 5.91 Å². The molecule has 1 amide bonds. The molecule has 0 aliphatic rings. The number of nitrogens with zero attached hydrogens (tertiary/aromatic N) is 2.